The van der Waals surface area contributed by atoms with Gasteiger partial charge in [-0.3, -0.25) is 4.79 Å². The van der Waals surface area contributed by atoms with Gasteiger partial charge in [0.05, 0.1) is 19.3 Å². The number of aliphatic hydroxyl groups is 6. The molecule has 0 amide bonds. The van der Waals surface area contributed by atoms with Crippen molar-refractivity contribution in [3.8, 4) is 0 Å². The van der Waals surface area contributed by atoms with Crippen LogP contribution in [0, 0.1) is 0 Å². The highest BCUT2D eigenvalue weighted by Crippen LogP contribution is 2.46. The minimum absolute atomic E-state index is 0.0556. The van der Waals surface area contributed by atoms with Crippen molar-refractivity contribution in [3.05, 3.63) is 0 Å². The van der Waals surface area contributed by atoms with Gasteiger partial charge in [0.2, 0.25) is 5.79 Å². The van der Waals surface area contributed by atoms with Crippen molar-refractivity contribution >= 4 is 6.47 Å². The predicted octanol–water partition coefficient (Wildman–Crippen LogP) is -4.19. The van der Waals surface area contributed by atoms with E-state index in [4.69, 9.17) is 19.3 Å². The van der Waals surface area contributed by atoms with Crippen molar-refractivity contribution in [3.63, 3.8) is 0 Å². The molecule has 0 aromatic carbocycles. The molecular formula is C13H22O11. The first-order valence-corrected chi connectivity index (χ1v) is 7.36. The second-order valence-corrected chi connectivity index (χ2v) is 5.72. The quantitative estimate of drug-likeness (QED) is 0.184. The number of carbonyl (C=O) groups is 1. The van der Waals surface area contributed by atoms with Crippen LogP contribution in [-0.4, -0.2) is 105 Å². The van der Waals surface area contributed by atoms with E-state index in [9.17, 15) is 30.3 Å². The molecule has 0 saturated carbocycles. The van der Waals surface area contributed by atoms with Crippen LogP contribution in [0.3, 0.4) is 0 Å². The third-order valence-corrected chi connectivity index (χ3v) is 4.07. The summed E-state index contributed by atoms with van der Waals surface area (Å²) < 4.78 is 20.6. The molecule has 2 saturated heterocycles. The van der Waals surface area contributed by atoms with Crippen LogP contribution >= 0.6 is 0 Å². The van der Waals surface area contributed by atoms with Gasteiger partial charge in [0.25, 0.3) is 6.47 Å². The summed E-state index contributed by atoms with van der Waals surface area (Å²) in [6.45, 7) is 0.0601. The summed E-state index contributed by atoms with van der Waals surface area (Å²) in [6.07, 6.45) is -11.2. The number of rotatable bonds is 8. The molecule has 24 heavy (non-hydrogen) atoms. The monoisotopic (exact) mass is 354 g/mol. The van der Waals surface area contributed by atoms with Crippen LogP contribution in [0.2, 0.25) is 0 Å². The predicted molar refractivity (Wildman–Crippen MR) is 72.2 cm³/mol. The molecule has 11 heteroatoms. The Morgan fingerprint density at radius 3 is 2.33 bits per heavy atom. The molecule has 0 bridgehead atoms. The van der Waals surface area contributed by atoms with Gasteiger partial charge in [-0.2, -0.15) is 0 Å². The van der Waals surface area contributed by atoms with Crippen molar-refractivity contribution in [2.45, 2.75) is 61.7 Å². The first-order chi connectivity index (χ1) is 11.3. The van der Waals surface area contributed by atoms with E-state index in [2.05, 4.69) is 4.74 Å². The molecule has 140 valence electrons. The lowest BCUT2D eigenvalue weighted by molar-refractivity contribution is -0.335. The normalized spacial score (nSPS) is 44.6. The van der Waals surface area contributed by atoms with Gasteiger partial charge in [-0.05, 0) is 6.92 Å². The number of ether oxygens (including phenoxy) is 4. The van der Waals surface area contributed by atoms with Gasteiger partial charge in [0.1, 0.15) is 30.5 Å². The van der Waals surface area contributed by atoms with Gasteiger partial charge in [-0.25, -0.2) is 0 Å². The van der Waals surface area contributed by atoms with Gasteiger partial charge in [0.15, 0.2) is 12.4 Å². The van der Waals surface area contributed by atoms with E-state index >= 15 is 0 Å². The molecule has 6 N–H and O–H groups in total. The maximum atomic E-state index is 10.6. The standard InChI is InChI=1S/C13H22O11/c1-5(17)11-13(23-11,7(3-15)21-4-16)24-12-10(20)9(19)8(18)6(2-14)22-12/h4-12,14-15,17-20H,2-3H2,1H3/t5?,6?,7-,8?,9?,10?,11?,12?,13?/m1/s1. The summed E-state index contributed by atoms with van der Waals surface area (Å²) in [4.78, 5) is 10.6. The van der Waals surface area contributed by atoms with Gasteiger partial charge >= 0.3 is 0 Å². The summed E-state index contributed by atoms with van der Waals surface area (Å²) in [5, 5.41) is 57.7. The third kappa shape index (κ3) is 3.40. The SMILES string of the molecule is CC(O)C1OC1(OC1OC(CO)C(O)C(O)C1O)[C@@H](CO)OC=O. The Labute approximate surface area is 136 Å². The maximum absolute atomic E-state index is 10.6. The summed E-state index contributed by atoms with van der Waals surface area (Å²) in [5.74, 6) is -1.81. The van der Waals surface area contributed by atoms with Crippen LogP contribution in [0.15, 0.2) is 0 Å². The zero-order valence-corrected chi connectivity index (χ0v) is 12.8. The fourth-order valence-electron chi connectivity index (χ4n) is 2.71. The number of epoxide rings is 1. The summed E-state index contributed by atoms with van der Waals surface area (Å²) >= 11 is 0. The number of hydrogen-bond donors (Lipinski definition) is 6. The molecule has 0 aliphatic carbocycles. The summed E-state index contributed by atoms with van der Waals surface area (Å²) in [5.41, 5.74) is 0. The highest BCUT2D eigenvalue weighted by Gasteiger charge is 2.68. The van der Waals surface area contributed by atoms with E-state index in [1.54, 1.807) is 0 Å². The molecule has 0 aromatic rings. The van der Waals surface area contributed by atoms with Crippen LogP contribution in [0.1, 0.15) is 6.92 Å². The molecule has 2 rings (SSSR count). The van der Waals surface area contributed by atoms with Crippen LogP contribution in [0.5, 0.6) is 0 Å². The molecule has 8 unspecified atom stereocenters. The second-order valence-electron chi connectivity index (χ2n) is 5.72. The van der Waals surface area contributed by atoms with Crippen LogP contribution in [0.4, 0.5) is 0 Å². The molecule has 2 fully saturated rings. The number of aliphatic hydroxyl groups excluding tert-OH is 6. The maximum Gasteiger partial charge on any atom is 0.293 e. The Hall–Kier alpha value is -0.890. The van der Waals surface area contributed by atoms with E-state index in [0.717, 1.165) is 0 Å². The Bertz CT molecular complexity index is 430. The van der Waals surface area contributed by atoms with Gasteiger partial charge < -0.3 is 49.6 Å². The van der Waals surface area contributed by atoms with Crippen molar-refractivity contribution in [1.29, 1.82) is 0 Å². The lowest BCUT2D eigenvalue weighted by atomic mass is 9.99. The summed E-state index contributed by atoms with van der Waals surface area (Å²) in [6, 6.07) is 0. The molecular weight excluding hydrogens is 332 g/mol. The van der Waals surface area contributed by atoms with Crippen molar-refractivity contribution in [1.82, 2.24) is 0 Å². The molecule has 11 nitrogen and oxygen atoms in total. The zero-order valence-electron chi connectivity index (χ0n) is 12.8. The first kappa shape index (κ1) is 19.4. The van der Waals surface area contributed by atoms with Crippen LogP contribution in [0.25, 0.3) is 0 Å². The lowest BCUT2D eigenvalue weighted by Crippen LogP contribution is -2.61. The minimum Gasteiger partial charge on any atom is -0.456 e. The van der Waals surface area contributed by atoms with Crippen molar-refractivity contribution in [2.24, 2.45) is 0 Å². The smallest absolute Gasteiger partial charge is 0.293 e. The minimum atomic E-state index is -1.81. The first-order valence-electron chi connectivity index (χ1n) is 7.36. The lowest BCUT2D eigenvalue weighted by Gasteiger charge is -2.41. The zero-order chi connectivity index (χ0) is 18.1. The van der Waals surface area contributed by atoms with E-state index in [0.29, 0.717) is 0 Å². The molecule has 2 aliphatic rings. The highest BCUT2D eigenvalue weighted by molar-refractivity contribution is 5.38. The van der Waals surface area contributed by atoms with E-state index in [1.807, 2.05) is 0 Å². The van der Waals surface area contributed by atoms with Crippen molar-refractivity contribution < 1.29 is 54.4 Å². The van der Waals surface area contributed by atoms with Crippen molar-refractivity contribution in [2.75, 3.05) is 13.2 Å². The molecule has 9 atom stereocenters. The van der Waals surface area contributed by atoms with Crippen LogP contribution < -0.4 is 0 Å². The van der Waals surface area contributed by atoms with Gasteiger partial charge in [-0.1, -0.05) is 0 Å². The van der Waals surface area contributed by atoms with Gasteiger partial charge in [0, 0.05) is 0 Å². The molecule has 0 radical (unpaired) electrons. The molecule has 2 heterocycles. The Morgan fingerprint density at radius 1 is 1.21 bits per heavy atom. The fourth-order valence-corrected chi connectivity index (χ4v) is 2.71. The van der Waals surface area contributed by atoms with Crippen LogP contribution in [-0.2, 0) is 23.7 Å². The number of hydrogen-bond acceptors (Lipinski definition) is 11. The molecule has 2 aliphatic heterocycles. The second kappa shape index (κ2) is 7.56. The van der Waals surface area contributed by atoms with E-state index < -0.39 is 68.0 Å². The van der Waals surface area contributed by atoms with E-state index in [1.165, 1.54) is 6.92 Å². The number of carbonyl (C=O) groups excluding carboxylic acids is 1. The average Bonchev–Trinajstić information content (AvgIpc) is 3.28. The fraction of sp³-hybridized carbons (Fsp3) is 0.923. The largest absolute Gasteiger partial charge is 0.456 e. The summed E-state index contributed by atoms with van der Waals surface area (Å²) in [7, 11) is 0. The Kier molecular flexibility index (Phi) is 6.12. The Morgan fingerprint density at radius 2 is 1.88 bits per heavy atom. The average molecular weight is 354 g/mol. The topological polar surface area (TPSA) is 179 Å². The highest BCUT2D eigenvalue weighted by atomic mass is 16.9. The third-order valence-electron chi connectivity index (χ3n) is 4.07. The Balaban J connectivity index is 2.19. The molecule has 0 aromatic heterocycles. The van der Waals surface area contributed by atoms with Gasteiger partial charge in [-0.15, -0.1) is 0 Å². The molecule has 0 spiro atoms. The van der Waals surface area contributed by atoms with E-state index in [-0.39, 0.29) is 6.47 Å².